The molecule has 1 nitrogen and oxygen atoms in total. The lowest BCUT2D eigenvalue weighted by molar-refractivity contribution is 0.301. The van der Waals surface area contributed by atoms with Gasteiger partial charge >= 0.3 is 0 Å². The molecule has 0 aliphatic heterocycles. The van der Waals surface area contributed by atoms with Crippen LogP contribution in [0.5, 0.6) is 5.75 Å². The molecule has 0 N–H and O–H groups in total. The Morgan fingerprint density at radius 3 is 1.39 bits per heavy atom. The van der Waals surface area contributed by atoms with Crippen molar-refractivity contribution >= 4 is 0 Å². The third kappa shape index (κ3) is 10.2. The van der Waals surface area contributed by atoms with Gasteiger partial charge in [-0.1, -0.05) is 169 Å². The fraction of sp³-hybridized carbons (Fsp3) is 0.486. The summed E-state index contributed by atoms with van der Waals surface area (Å²) in [5.74, 6) is 1.20. The topological polar surface area (TPSA) is 9.23 Å². The quantitative estimate of drug-likeness (QED) is 0.121. The van der Waals surface area contributed by atoms with Crippen LogP contribution < -0.4 is 4.74 Å². The maximum absolute atomic E-state index is 6.37. The average molecular weight is 485 g/mol. The molecule has 3 aromatic carbocycles. The molecule has 0 amide bonds. The predicted octanol–water partition coefficient (Wildman–Crippen LogP) is 10.7. The number of benzene rings is 3. The van der Waals surface area contributed by atoms with Gasteiger partial charge in [0.1, 0.15) is 5.75 Å². The minimum Gasteiger partial charge on any atom is -0.493 e. The molecule has 194 valence electrons. The van der Waals surface area contributed by atoms with Crippen LogP contribution in [0.25, 0.3) is 0 Å². The van der Waals surface area contributed by atoms with Gasteiger partial charge in [0, 0.05) is 11.5 Å². The van der Waals surface area contributed by atoms with Gasteiger partial charge < -0.3 is 4.74 Å². The largest absolute Gasteiger partial charge is 0.493 e. The molecule has 0 bridgehead atoms. The highest BCUT2D eigenvalue weighted by atomic mass is 16.5. The van der Waals surface area contributed by atoms with Crippen LogP contribution in [0.2, 0.25) is 0 Å². The lowest BCUT2D eigenvalue weighted by atomic mass is 9.85. The van der Waals surface area contributed by atoms with Crippen LogP contribution in [0.1, 0.15) is 119 Å². The molecule has 0 radical (unpaired) electrons. The van der Waals surface area contributed by atoms with Gasteiger partial charge in [-0.05, 0) is 23.6 Å². The van der Waals surface area contributed by atoms with Gasteiger partial charge in [0.05, 0.1) is 6.61 Å². The summed E-state index contributed by atoms with van der Waals surface area (Å²) in [7, 11) is 0. The monoisotopic (exact) mass is 484 g/mol. The smallest absolute Gasteiger partial charge is 0.123 e. The second-order valence-corrected chi connectivity index (χ2v) is 10.2. The minimum absolute atomic E-state index is 0.181. The van der Waals surface area contributed by atoms with Crippen molar-refractivity contribution in [3.05, 3.63) is 102 Å². The zero-order chi connectivity index (χ0) is 25.1. The van der Waals surface area contributed by atoms with E-state index in [1.807, 2.05) is 0 Å². The highest BCUT2D eigenvalue weighted by Gasteiger charge is 2.20. The van der Waals surface area contributed by atoms with Crippen molar-refractivity contribution in [1.82, 2.24) is 0 Å². The Kier molecular flexibility index (Phi) is 13.9. The molecule has 0 saturated carbocycles. The maximum Gasteiger partial charge on any atom is 0.123 e. The Labute approximate surface area is 221 Å². The van der Waals surface area contributed by atoms with E-state index < -0.39 is 0 Å². The second kappa shape index (κ2) is 17.8. The van der Waals surface area contributed by atoms with E-state index in [1.54, 1.807) is 0 Å². The van der Waals surface area contributed by atoms with Gasteiger partial charge in [0.2, 0.25) is 0 Å². The molecule has 0 aromatic heterocycles. The van der Waals surface area contributed by atoms with Gasteiger partial charge in [0.15, 0.2) is 0 Å². The lowest BCUT2D eigenvalue weighted by Crippen LogP contribution is -2.07. The van der Waals surface area contributed by atoms with Gasteiger partial charge in [0.25, 0.3) is 0 Å². The van der Waals surface area contributed by atoms with Crippen LogP contribution >= 0.6 is 0 Å². The van der Waals surface area contributed by atoms with E-state index in [0.717, 1.165) is 18.8 Å². The number of rotatable bonds is 19. The molecule has 0 saturated heterocycles. The van der Waals surface area contributed by atoms with Crippen molar-refractivity contribution in [2.24, 2.45) is 0 Å². The van der Waals surface area contributed by atoms with Crippen LogP contribution in [-0.2, 0) is 0 Å². The third-order valence-electron chi connectivity index (χ3n) is 7.25. The molecular weight excluding hydrogens is 436 g/mol. The summed E-state index contributed by atoms with van der Waals surface area (Å²) < 4.78 is 6.37. The van der Waals surface area contributed by atoms with E-state index >= 15 is 0 Å². The Morgan fingerprint density at radius 1 is 0.472 bits per heavy atom. The lowest BCUT2D eigenvalue weighted by Gasteiger charge is -2.22. The summed E-state index contributed by atoms with van der Waals surface area (Å²) in [6.45, 7) is 3.09. The van der Waals surface area contributed by atoms with Crippen LogP contribution in [0.4, 0.5) is 0 Å². The van der Waals surface area contributed by atoms with E-state index in [4.69, 9.17) is 4.74 Å². The summed E-state index contributed by atoms with van der Waals surface area (Å²) in [5.41, 5.74) is 3.85. The molecule has 0 unspecified atom stereocenters. The van der Waals surface area contributed by atoms with E-state index in [2.05, 4.69) is 91.9 Å². The summed E-state index contributed by atoms with van der Waals surface area (Å²) in [6, 6.07) is 30.2. The van der Waals surface area contributed by atoms with Gasteiger partial charge in [-0.2, -0.15) is 0 Å². The van der Waals surface area contributed by atoms with Crippen LogP contribution in [0.15, 0.2) is 84.9 Å². The molecule has 0 atom stereocenters. The number of para-hydroxylation sites is 1. The second-order valence-electron chi connectivity index (χ2n) is 10.2. The fourth-order valence-corrected chi connectivity index (χ4v) is 5.17. The average Bonchev–Trinajstić information content (AvgIpc) is 2.93. The number of hydrogen-bond donors (Lipinski definition) is 0. The van der Waals surface area contributed by atoms with Gasteiger partial charge in [-0.3, -0.25) is 0 Å². The first-order valence-corrected chi connectivity index (χ1v) is 14.7. The van der Waals surface area contributed by atoms with E-state index in [0.29, 0.717) is 0 Å². The molecule has 3 aromatic rings. The standard InChI is InChI=1S/C35H48O/c1-2-3-4-5-6-7-8-9-10-11-12-13-14-23-30-36-34-29-22-21-28-33(34)35(31-24-17-15-18-25-31)32-26-19-16-20-27-32/h15-22,24-29,35H,2-14,23,30H2,1H3. The molecule has 1 heteroatoms. The summed E-state index contributed by atoms with van der Waals surface area (Å²) >= 11 is 0. The Balaban J connectivity index is 1.37. The van der Waals surface area contributed by atoms with E-state index in [1.165, 1.54) is 100 Å². The van der Waals surface area contributed by atoms with Gasteiger partial charge in [-0.15, -0.1) is 0 Å². The van der Waals surface area contributed by atoms with E-state index in [9.17, 15) is 0 Å². The molecular formula is C35H48O. The molecule has 36 heavy (non-hydrogen) atoms. The van der Waals surface area contributed by atoms with Gasteiger partial charge in [-0.25, -0.2) is 0 Å². The Bertz CT molecular complexity index is 878. The normalized spacial score (nSPS) is 11.2. The molecule has 0 aliphatic rings. The van der Waals surface area contributed by atoms with Crippen molar-refractivity contribution < 1.29 is 4.74 Å². The minimum atomic E-state index is 0.181. The zero-order valence-electron chi connectivity index (χ0n) is 22.7. The van der Waals surface area contributed by atoms with Crippen LogP contribution in [0.3, 0.4) is 0 Å². The summed E-state index contributed by atoms with van der Waals surface area (Å²) in [6.07, 6.45) is 19.3. The molecule has 3 rings (SSSR count). The highest BCUT2D eigenvalue weighted by Crippen LogP contribution is 2.37. The van der Waals surface area contributed by atoms with Crippen molar-refractivity contribution in [2.75, 3.05) is 6.61 Å². The van der Waals surface area contributed by atoms with Crippen molar-refractivity contribution in [2.45, 2.75) is 103 Å². The maximum atomic E-state index is 6.37. The highest BCUT2D eigenvalue weighted by molar-refractivity contribution is 5.48. The number of ether oxygens (including phenoxy) is 1. The van der Waals surface area contributed by atoms with Crippen LogP contribution in [0, 0.1) is 0 Å². The summed E-state index contributed by atoms with van der Waals surface area (Å²) in [5, 5.41) is 0. The Morgan fingerprint density at radius 2 is 0.889 bits per heavy atom. The number of hydrogen-bond acceptors (Lipinski definition) is 1. The van der Waals surface area contributed by atoms with Crippen molar-refractivity contribution in [3.8, 4) is 5.75 Å². The number of unbranched alkanes of at least 4 members (excludes halogenated alkanes) is 13. The SMILES string of the molecule is CCCCCCCCCCCCCCCCOc1ccccc1C(c1ccccc1)c1ccccc1. The molecule has 0 aliphatic carbocycles. The first-order valence-electron chi connectivity index (χ1n) is 14.7. The van der Waals surface area contributed by atoms with Crippen molar-refractivity contribution in [1.29, 1.82) is 0 Å². The molecule has 0 spiro atoms. The first-order chi connectivity index (χ1) is 17.9. The summed E-state index contributed by atoms with van der Waals surface area (Å²) in [4.78, 5) is 0. The Hall–Kier alpha value is -2.54. The fourth-order valence-electron chi connectivity index (χ4n) is 5.17. The zero-order valence-corrected chi connectivity index (χ0v) is 22.7. The van der Waals surface area contributed by atoms with Crippen molar-refractivity contribution in [3.63, 3.8) is 0 Å². The van der Waals surface area contributed by atoms with E-state index in [-0.39, 0.29) is 5.92 Å². The van der Waals surface area contributed by atoms with Crippen LogP contribution in [-0.4, -0.2) is 6.61 Å². The predicted molar refractivity (Wildman–Crippen MR) is 156 cm³/mol. The molecule has 0 fully saturated rings. The molecule has 0 heterocycles. The third-order valence-corrected chi connectivity index (χ3v) is 7.25. The first kappa shape index (κ1) is 28.0.